The van der Waals surface area contributed by atoms with E-state index in [4.69, 9.17) is 0 Å². The number of aromatic nitrogens is 3. The SMILES string of the molecule is FC(F)(F)c1cccc(CNc2nc(Nc3ccccc3)nc(N3CCCCC3)n2)c1. The molecule has 0 unspecified atom stereocenters. The number of hydrogen-bond acceptors (Lipinski definition) is 6. The van der Waals surface area contributed by atoms with Gasteiger partial charge in [0.1, 0.15) is 0 Å². The van der Waals surface area contributed by atoms with Crippen molar-refractivity contribution < 1.29 is 13.2 Å². The number of para-hydroxylation sites is 1. The Morgan fingerprint density at radius 1 is 0.839 bits per heavy atom. The molecule has 0 spiro atoms. The van der Waals surface area contributed by atoms with Gasteiger partial charge < -0.3 is 15.5 Å². The Kier molecular flexibility index (Phi) is 6.20. The van der Waals surface area contributed by atoms with Crippen LogP contribution in [0, 0.1) is 0 Å². The molecule has 6 nitrogen and oxygen atoms in total. The average Bonchev–Trinajstić information content (AvgIpc) is 2.78. The maximum absolute atomic E-state index is 13.0. The zero-order valence-corrected chi connectivity index (χ0v) is 16.9. The zero-order chi connectivity index (χ0) is 21.7. The summed E-state index contributed by atoms with van der Waals surface area (Å²) in [6, 6.07) is 14.8. The summed E-state index contributed by atoms with van der Waals surface area (Å²) in [7, 11) is 0. The highest BCUT2D eigenvalue weighted by molar-refractivity contribution is 5.55. The molecule has 3 aromatic rings. The van der Waals surface area contributed by atoms with Crippen LogP contribution in [0.3, 0.4) is 0 Å². The molecule has 4 rings (SSSR count). The fourth-order valence-corrected chi connectivity index (χ4v) is 3.42. The smallest absolute Gasteiger partial charge is 0.350 e. The Morgan fingerprint density at radius 3 is 2.32 bits per heavy atom. The maximum atomic E-state index is 13.0. The minimum atomic E-state index is -4.38. The van der Waals surface area contributed by atoms with E-state index in [1.54, 1.807) is 6.07 Å². The molecule has 9 heteroatoms. The van der Waals surface area contributed by atoms with E-state index in [1.165, 1.54) is 12.5 Å². The monoisotopic (exact) mass is 428 g/mol. The third-order valence-corrected chi connectivity index (χ3v) is 5.00. The average molecular weight is 428 g/mol. The molecule has 0 atom stereocenters. The lowest BCUT2D eigenvalue weighted by Crippen LogP contribution is -2.31. The molecule has 2 N–H and O–H groups in total. The number of benzene rings is 2. The van der Waals surface area contributed by atoms with Crippen molar-refractivity contribution >= 4 is 23.5 Å². The molecule has 162 valence electrons. The normalized spacial score (nSPS) is 14.4. The van der Waals surface area contributed by atoms with Gasteiger partial charge in [-0.25, -0.2) is 0 Å². The largest absolute Gasteiger partial charge is 0.416 e. The number of piperidine rings is 1. The summed E-state index contributed by atoms with van der Waals surface area (Å²) in [6.07, 6.45) is -1.06. The molecule has 0 saturated carbocycles. The number of alkyl halides is 3. The van der Waals surface area contributed by atoms with Gasteiger partial charge in [0.2, 0.25) is 17.8 Å². The van der Waals surface area contributed by atoms with Crippen molar-refractivity contribution in [2.45, 2.75) is 32.0 Å². The predicted molar refractivity (Wildman–Crippen MR) is 114 cm³/mol. The predicted octanol–water partition coefficient (Wildman–Crippen LogP) is 5.24. The van der Waals surface area contributed by atoms with Crippen molar-refractivity contribution in [3.63, 3.8) is 0 Å². The molecule has 1 aliphatic heterocycles. The van der Waals surface area contributed by atoms with Crippen molar-refractivity contribution in [1.82, 2.24) is 15.0 Å². The Balaban J connectivity index is 1.56. The first kappa shape index (κ1) is 20.9. The first-order valence-electron chi connectivity index (χ1n) is 10.2. The van der Waals surface area contributed by atoms with Crippen LogP contribution < -0.4 is 15.5 Å². The Hall–Kier alpha value is -3.36. The molecule has 2 aromatic carbocycles. The quantitative estimate of drug-likeness (QED) is 0.560. The maximum Gasteiger partial charge on any atom is 0.416 e. The molecule has 0 radical (unpaired) electrons. The van der Waals surface area contributed by atoms with Crippen molar-refractivity contribution in [3.05, 3.63) is 65.7 Å². The Bertz CT molecular complexity index is 1000. The molecular formula is C22H23F3N6. The molecule has 1 fully saturated rings. The van der Waals surface area contributed by atoms with E-state index in [1.807, 2.05) is 30.3 Å². The van der Waals surface area contributed by atoms with Crippen molar-refractivity contribution in [3.8, 4) is 0 Å². The second kappa shape index (κ2) is 9.20. The van der Waals surface area contributed by atoms with Gasteiger partial charge in [0.15, 0.2) is 0 Å². The number of nitrogens with zero attached hydrogens (tertiary/aromatic N) is 4. The van der Waals surface area contributed by atoms with Gasteiger partial charge >= 0.3 is 6.18 Å². The number of halogens is 3. The second-order valence-electron chi connectivity index (χ2n) is 7.37. The summed E-state index contributed by atoms with van der Waals surface area (Å²) in [5.74, 6) is 1.25. The third kappa shape index (κ3) is 5.62. The first-order chi connectivity index (χ1) is 15.0. The van der Waals surface area contributed by atoms with E-state index in [0.717, 1.165) is 43.8 Å². The van der Waals surface area contributed by atoms with Crippen LogP contribution in [0.2, 0.25) is 0 Å². The summed E-state index contributed by atoms with van der Waals surface area (Å²) < 4.78 is 38.9. The van der Waals surface area contributed by atoms with E-state index >= 15 is 0 Å². The van der Waals surface area contributed by atoms with Gasteiger partial charge in [0.05, 0.1) is 5.56 Å². The van der Waals surface area contributed by atoms with Gasteiger partial charge in [-0.1, -0.05) is 30.3 Å². The van der Waals surface area contributed by atoms with Gasteiger partial charge in [0.25, 0.3) is 0 Å². The van der Waals surface area contributed by atoms with E-state index in [0.29, 0.717) is 23.4 Å². The summed E-state index contributed by atoms with van der Waals surface area (Å²) in [5, 5.41) is 6.22. The lowest BCUT2D eigenvalue weighted by molar-refractivity contribution is -0.137. The minimum Gasteiger partial charge on any atom is -0.350 e. The van der Waals surface area contributed by atoms with Crippen LogP contribution in [0.1, 0.15) is 30.4 Å². The van der Waals surface area contributed by atoms with Crippen molar-refractivity contribution in [1.29, 1.82) is 0 Å². The fraction of sp³-hybridized carbons (Fsp3) is 0.318. The van der Waals surface area contributed by atoms with E-state index in [9.17, 15) is 13.2 Å². The van der Waals surface area contributed by atoms with Crippen LogP contribution in [-0.4, -0.2) is 28.0 Å². The lowest BCUT2D eigenvalue weighted by Gasteiger charge is -2.27. The van der Waals surface area contributed by atoms with E-state index in [-0.39, 0.29) is 6.54 Å². The highest BCUT2D eigenvalue weighted by Gasteiger charge is 2.30. The van der Waals surface area contributed by atoms with E-state index < -0.39 is 11.7 Å². The van der Waals surface area contributed by atoms with Gasteiger partial charge in [-0.15, -0.1) is 0 Å². The summed E-state index contributed by atoms with van der Waals surface area (Å²) in [6.45, 7) is 1.89. The van der Waals surface area contributed by atoms with Gasteiger partial charge in [0, 0.05) is 25.3 Å². The van der Waals surface area contributed by atoms with E-state index in [2.05, 4.69) is 30.5 Å². The van der Waals surface area contributed by atoms with Crippen LogP contribution in [0.25, 0.3) is 0 Å². The molecule has 2 heterocycles. The molecular weight excluding hydrogens is 405 g/mol. The summed E-state index contributed by atoms with van der Waals surface area (Å²) in [4.78, 5) is 15.6. The molecule has 0 amide bonds. The highest BCUT2D eigenvalue weighted by atomic mass is 19.4. The number of anilines is 4. The van der Waals surface area contributed by atoms with Crippen LogP contribution in [0.5, 0.6) is 0 Å². The van der Waals surface area contributed by atoms with Crippen LogP contribution in [0.15, 0.2) is 54.6 Å². The summed E-state index contributed by atoms with van der Waals surface area (Å²) >= 11 is 0. The molecule has 1 aliphatic rings. The van der Waals surface area contributed by atoms with Gasteiger partial charge in [-0.2, -0.15) is 28.1 Å². The molecule has 31 heavy (non-hydrogen) atoms. The second-order valence-corrected chi connectivity index (χ2v) is 7.37. The summed E-state index contributed by atoms with van der Waals surface area (Å²) in [5.41, 5.74) is 0.650. The third-order valence-electron chi connectivity index (χ3n) is 5.00. The molecule has 1 aromatic heterocycles. The van der Waals surface area contributed by atoms with Gasteiger partial charge in [-0.05, 0) is 49.1 Å². The van der Waals surface area contributed by atoms with Crippen LogP contribution >= 0.6 is 0 Å². The lowest BCUT2D eigenvalue weighted by atomic mass is 10.1. The fourth-order valence-electron chi connectivity index (χ4n) is 3.42. The molecule has 1 saturated heterocycles. The highest BCUT2D eigenvalue weighted by Crippen LogP contribution is 2.29. The standard InChI is InChI=1S/C22H23F3N6/c23-22(24,25)17-9-7-8-16(14-17)15-26-19-28-20(27-18-10-3-1-4-11-18)30-21(29-19)31-12-5-2-6-13-31/h1,3-4,7-11,14H,2,5-6,12-13,15H2,(H2,26,27,28,29,30). The topological polar surface area (TPSA) is 66.0 Å². The number of nitrogens with one attached hydrogen (secondary N) is 2. The first-order valence-corrected chi connectivity index (χ1v) is 10.2. The number of hydrogen-bond donors (Lipinski definition) is 2. The minimum absolute atomic E-state index is 0.165. The van der Waals surface area contributed by atoms with Crippen LogP contribution in [-0.2, 0) is 12.7 Å². The van der Waals surface area contributed by atoms with Gasteiger partial charge in [-0.3, -0.25) is 0 Å². The molecule has 0 aliphatic carbocycles. The van der Waals surface area contributed by atoms with Crippen LogP contribution in [0.4, 0.5) is 36.7 Å². The number of rotatable bonds is 6. The van der Waals surface area contributed by atoms with Crippen molar-refractivity contribution in [2.24, 2.45) is 0 Å². The Morgan fingerprint density at radius 2 is 1.58 bits per heavy atom. The van der Waals surface area contributed by atoms with Crippen molar-refractivity contribution in [2.75, 3.05) is 28.6 Å². The Labute approximate surface area is 178 Å². The molecule has 0 bridgehead atoms. The zero-order valence-electron chi connectivity index (χ0n) is 16.9.